The zero-order chi connectivity index (χ0) is 12.7. The normalized spacial score (nSPS) is 11.7. The lowest BCUT2D eigenvalue weighted by molar-refractivity contribution is 0.186. The summed E-state index contributed by atoms with van der Waals surface area (Å²) >= 11 is 0. The molecule has 0 radical (unpaired) electrons. The molecule has 17 heavy (non-hydrogen) atoms. The number of nitrogens with two attached hydrogens (primary N) is 1. The Hall–Kier alpha value is -0.843. The van der Waals surface area contributed by atoms with Gasteiger partial charge in [-0.3, -0.25) is 0 Å². The molecule has 0 aliphatic heterocycles. The summed E-state index contributed by atoms with van der Waals surface area (Å²) in [6.07, 6.45) is 1.98. The van der Waals surface area contributed by atoms with Crippen LogP contribution in [0.2, 0.25) is 6.55 Å². The van der Waals surface area contributed by atoms with E-state index in [1.165, 1.54) is 0 Å². The summed E-state index contributed by atoms with van der Waals surface area (Å²) in [5.41, 5.74) is 6.80. The number of hydrogen-bond donors (Lipinski definition) is 1. The molecule has 2 N–H and O–H groups in total. The summed E-state index contributed by atoms with van der Waals surface area (Å²) < 4.78 is 12.0. The quantitative estimate of drug-likeness (QED) is 0.599. The van der Waals surface area contributed by atoms with Crippen molar-refractivity contribution < 1.29 is 8.85 Å². The van der Waals surface area contributed by atoms with Gasteiger partial charge in [0.1, 0.15) is 0 Å². The molecule has 96 valence electrons. The maximum Gasteiger partial charge on any atom is 0.371 e. The van der Waals surface area contributed by atoms with Crippen LogP contribution < -0.4 is 10.9 Å². The molecule has 0 saturated heterocycles. The summed E-state index contributed by atoms with van der Waals surface area (Å²) in [4.78, 5) is 0. The van der Waals surface area contributed by atoms with Gasteiger partial charge in [0.2, 0.25) is 0 Å². The summed E-state index contributed by atoms with van der Waals surface area (Å²) in [5, 5.41) is 1.04. The lowest BCUT2D eigenvalue weighted by atomic mass is 10.3. The Morgan fingerprint density at radius 2 is 1.59 bits per heavy atom. The fourth-order valence-electron chi connectivity index (χ4n) is 1.70. The topological polar surface area (TPSA) is 44.5 Å². The average molecular weight is 253 g/mol. The lowest BCUT2D eigenvalue weighted by Crippen LogP contribution is -2.52. The molecule has 0 aromatic heterocycles. The maximum absolute atomic E-state index is 6.02. The van der Waals surface area contributed by atoms with Gasteiger partial charge in [0.15, 0.2) is 0 Å². The van der Waals surface area contributed by atoms with E-state index in [9.17, 15) is 0 Å². The van der Waals surface area contributed by atoms with Gasteiger partial charge in [-0.1, -0.05) is 32.0 Å². The third-order valence-corrected chi connectivity index (χ3v) is 5.56. The van der Waals surface area contributed by atoms with E-state index in [2.05, 4.69) is 20.4 Å². The van der Waals surface area contributed by atoms with Crippen LogP contribution in [0.15, 0.2) is 24.3 Å². The molecule has 3 nitrogen and oxygen atoms in total. The highest BCUT2D eigenvalue weighted by Crippen LogP contribution is 2.13. The first-order chi connectivity index (χ1) is 8.14. The van der Waals surface area contributed by atoms with Gasteiger partial charge < -0.3 is 14.6 Å². The first kappa shape index (κ1) is 14.2. The summed E-state index contributed by atoms with van der Waals surface area (Å²) in [5.74, 6) is 0. The van der Waals surface area contributed by atoms with Gasteiger partial charge in [0.05, 0.1) is 0 Å². The van der Waals surface area contributed by atoms with Crippen LogP contribution >= 0.6 is 0 Å². The molecule has 0 aliphatic rings. The second kappa shape index (κ2) is 6.79. The Morgan fingerprint density at radius 3 is 2.06 bits per heavy atom. The van der Waals surface area contributed by atoms with Gasteiger partial charge in [0.25, 0.3) is 0 Å². The monoisotopic (exact) mass is 253 g/mol. The van der Waals surface area contributed by atoms with Crippen molar-refractivity contribution in [3.63, 3.8) is 0 Å². The molecule has 0 atom stereocenters. The van der Waals surface area contributed by atoms with Crippen LogP contribution in [-0.2, 0) is 8.85 Å². The molecular formula is C13H23NO2Si. The van der Waals surface area contributed by atoms with Crippen LogP contribution in [0.3, 0.4) is 0 Å². The van der Waals surface area contributed by atoms with Crippen molar-refractivity contribution in [3.05, 3.63) is 24.3 Å². The standard InChI is InChI=1S/C13H23NO2Si/c1-4-10-15-17(3,16-11-5-2)13-9-7-6-8-12(13)14/h6-9H,4-5,10-11,14H2,1-3H3. The van der Waals surface area contributed by atoms with Gasteiger partial charge in [-0.05, 0) is 25.5 Å². The third kappa shape index (κ3) is 3.83. The molecule has 0 fully saturated rings. The predicted octanol–water partition coefficient (Wildman–Crippen LogP) is 2.40. The molecule has 0 saturated carbocycles. The van der Waals surface area contributed by atoms with Gasteiger partial charge in [0, 0.05) is 24.1 Å². The number of para-hydroxylation sites is 1. The molecule has 1 aromatic rings. The zero-order valence-corrected chi connectivity index (χ0v) is 12.0. The zero-order valence-electron chi connectivity index (χ0n) is 11.0. The fraction of sp³-hybridized carbons (Fsp3) is 0.538. The van der Waals surface area contributed by atoms with Crippen molar-refractivity contribution in [2.24, 2.45) is 0 Å². The largest absolute Gasteiger partial charge is 0.399 e. The van der Waals surface area contributed by atoms with E-state index in [0.717, 1.165) is 36.9 Å². The van der Waals surface area contributed by atoms with Gasteiger partial charge in [-0.2, -0.15) is 0 Å². The number of hydrogen-bond acceptors (Lipinski definition) is 3. The smallest absolute Gasteiger partial charge is 0.371 e. The molecular weight excluding hydrogens is 230 g/mol. The average Bonchev–Trinajstić information content (AvgIpc) is 2.34. The predicted molar refractivity (Wildman–Crippen MR) is 74.6 cm³/mol. The highest BCUT2D eigenvalue weighted by molar-refractivity contribution is 6.81. The third-order valence-electron chi connectivity index (χ3n) is 2.61. The second-order valence-electron chi connectivity index (χ2n) is 4.23. The number of nitrogen functional groups attached to an aromatic ring is 1. The Balaban J connectivity index is 2.92. The Kier molecular flexibility index (Phi) is 5.68. The van der Waals surface area contributed by atoms with Gasteiger partial charge >= 0.3 is 8.56 Å². The van der Waals surface area contributed by atoms with Crippen LogP contribution in [0.1, 0.15) is 26.7 Å². The van der Waals surface area contributed by atoms with Crippen molar-refractivity contribution in [3.8, 4) is 0 Å². The Labute approximate surface area is 105 Å². The molecule has 1 aromatic carbocycles. The van der Waals surface area contributed by atoms with Crippen LogP contribution in [0.4, 0.5) is 5.69 Å². The van der Waals surface area contributed by atoms with Crippen molar-refractivity contribution in [2.45, 2.75) is 33.2 Å². The van der Waals surface area contributed by atoms with E-state index in [-0.39, 0.29) is 0 Å². The van der Waals surface area contributed by atoms with Crippen LogP contribution in [-0.4, -0.2) is 21.8 Å². The fourth-order valence-corrected chi connectivity index (χ4v) is 4.29. The summed E-state index contributed by atoms with van der Waals surface area (Å²) in [6, 6.07) is 7.85. The minimum Gasteiger partial charge on any atom is -0.399 e. The first-order valence-corrected chi connectivity index (χ1v) is 8.58. The first-order valence-electron chi connectivity index (χ1n) is 6.27. The molecule has 4 heteroatoms. The molecule has 0 amide bonds. The molecule has 0 heterocycles. The van der Waals surface area contributed by atoms with Crippen molar-refractivity contribution in [1.82, 2.24) is 0 Å². The maximum atomic E-state index is 6.02. The minimum absolute atomic E-state index is 0.723. The van der Waals surface area contributed by atoms with Crippen LogP contribution in [0.25, 0.3) is 0 Å². The van der Waals surface area contributed by atoms with Gasteiger partial charge in [-0.25, -0.2) is 0 Å². The number of anilines is 1. The van der Waals surface area contributed by atoms with Crippen molar-refractivity contribution in [2.75, 3.05) is 18.9 Å². The highest BCUT2D eigenvalue weighted by Gasteiger charge is 2.35. The van der Waals surface area contributed by atoms with E-state index in [0.29, 0.717) is 0 Å². The van der Waals surface area contributed by atoms with Gasteiger partial charge in [-0.15, -0.1) is 0 Å². The number of rotatable bonds is 7. The molecule has 0 aliphatic carbocycles. The van der Waals surface area contributed by atoms with Crippen molar-refractivity contribution in [1.29, 1.82) is 0 Å². The van der Waals surface area contributed by atoms with Crippen LogP contribution in [0.5, 0.6) is 0 Å². The molecule has 0 unspecified atom stereocenters. The second-order valence-corrected chi connectivity index (χ2v) is 7.24. The van der Waals surface area contributed by atoms with E-state index in [1.54, 1.807) is 0 Å². The summed E-state index contributed by atoms with van der Waals surface area (Å²) in [7, 11) is -2.34. The van der Waals surface area contributed by atoms with E-state index >= 15 is 0 Å². The molecule has 0 bridgehead atoms. The SMILES string of the molecule is CCCO[Si](C)(OCCC)c1ccccc1N. The van der Waals surface area contributed by atoms with E-state index in [1.807, 2.05) is 24.3 Å². The Bertz CT molecular complexity index is 336. The Morgan fingerprint density at radius 1 is 1.06 bits per heavy atom. The van der Waals surface area contributed by atoms with Crippen LogP contribution in [0, 0.1) is 0 Å². The molecule has 1 rings (SSSR count). The number of benzene rings is 1. The highest BCUT2D eigenvalue weighted by atomic mass is 28.4. The van der Waals surface area contributed by atoms with E-state index < -0.39 is 8.56 Å². The minimum atomic E-state index is -2.34. The van der Waals surface area contributed by atoms with Crippen molar-refractivity contribution >= 4 is 19.4 Å². The summed E-state index contributed by atoms with van der Waals surface area (Å²) in [6.45, 7) is 7.72. The van der Waals surface area contributed by atoms with E-state index in [4.69, 9.17) is 14.6 Å². The lowest BCUT2D eigenvalue weighted by Gasteiger charge is -2.28. The molecule has 0 spiro atoms.